The molecule has 112 valence electrons. The third-order valence-corrected chi connectivity index (χ3v) is 4.35. The summed E-state index contributed by atoms with van der Waals surface area (Å²) >= 11 is 0. The molecular formula is C18H30N2. The Morgan fingerprint density at radius 2 is 1.80 bits per heavy atom. The summed E-state index contributed by atoms with van der Waals surface area (Å²) in [5, 5.41) is 3.82. The first-order valence-corrected chi connectivity index (χ1v) is 8.10. The van der Waals surface area contributed by atoms with Crippen LogP contribution in [0.25, 0.3) is 0 Å². The summed E-state index contributed by atoms with van der Waals surface area (Å²) in [4.78, 5) is 2.61. The van der Waals surface area contributed by atoms with E-state index in [1.807, 2.05) is 0 Å². The van der Waals surface area contributed by atoms with Gasteiger partial charge in [0.15, 0.2) is 0 Å². The maximum atomic E-state index is 3.82. The molecular weight excluding hydrogens is 244 g/mol. The molecule has 20 heavy (non-hydrogen) atoms. The molecule has 1 aromatic carbocycles. The van der Waals surface area contributed by atoms with Gasteiger partial charge >= 0.3 is 0 Å². The number of hydrogen-bond donors (Lipinski definition) is 1. The summed E-state index contributed by atoms with van der Waals surface area (Å²) in [7, 11) is 0. The Bertz CT molecular complexity index is 406. The van der Waals surface area contributed by atoms with E-state index in [4.69, 9.17) is 0 Å². The highest BCUT2D eigenvalue weighted by molar-refractivity contribution is 5.28. The highest BCUT2D eigenvalue weighted by atomic mass is 15.1. The summed E-state index contributed by atoms with van der Waals surface area (Å²) in [6, 6.07) is 9.85. The molecule has 1 atom stereocenters. The van der Waals surface area contributed by atoms with Gasteiger partial charge in [-0.2, -0.15) is 0 Å². The Balaban J connectivity index is 1.82. The maximum Gasteiger partial charge on any atom is 0.0296 e. The fraction of sp³-hybridized carbons (Fsp3) is 0.667. The molecule has 0 bridgehead atoms. The Hall–Kier alpha value is -0.860. The van der Waals surface area contributed by atoms with Gasteiger partial charge in [0.25, 0.3) is 0 Å². The van der Waals surface area contributed by atoms with Crippen molar-refractivity contribution in [2.45, 2.75) is 52.6 Å². The van der Waals surface area contributed by atoms with Crippen molar-refractivity contribution in [3.8, 4) is 0 Å². The van der Waals surface area contributed by atoms with E-state index < -0.39 is 0 Å². The van der Waals surface area contributed by atoms with Gasteiger partial charge in [-0.15, -0.1) is 0 Å². The SMILES string of the molecule is Cc1ccccc1[C@@H](C)NC1CCN(CC(C)C)CC1. The highest BCUT2D eigenvalue weighted by Gasteiger charge is 2.21. The van der Waals surface area contributed by atoms with Crippen LogP contribution < -0.4 is 5.32 Å². The van der Waals surface area contributed by atoms with Crippen LogP contribution in [0.1, 0.15) is 50.8 Å². The fourth-order valence-corrected chi connectivity index (χ4v) is 3.31. The van der Waals surface area contributed by atoms with Crippen LogP contribution in [0.5, 0.6) is 0 Å². The topological polar surface area (TPSA) is 15.3 Å². The van der Waals surface area contributed by atoms with Crippen molar-refractivity contribution < 1.29 is 0 Å². The van der Waals surface area contributed by atoms with E-state index in [1.165, 1.54) is 43.6 Å². The molecule has 1 aliphatic rings. The molecule has 2 rings (SSSR count). The molecule has 1 saturated heterocycles. The average molecular weight is 274 g/mol. The molecule has 0 saturated carbocycles. The smallest absolute Gasteiger partial charge is 0.0296 e. The third-order valence-electron chi connectivity index (χ3n) is 4.35. The normalized spacial score (nSPS) is 19.4. The van der Waals surface area contributed by atoms with Crippen molar-refractivity contribution in [3.05, 3.63) is 35.4 Å². The summed E-state index contributed by atoms with van der Waals surface area (Å²) in [6.07, 6.45) is 2.56. The quantitative estimate of drug-likeness (QED) is 0.879. The van der Waals surface area contributed by atoms with E-state index in [0.717, 1.165) is 5.92 Å². The van der Waals surface area contributed by atoms with E-state index in [0.29, 0.717) is 12.1 Å². The number of nitrogens with one attached hydrogen (secondary N) is 1. The summed E-state index contributed by atoms with van der Waals surface area (Å²) in [6.45, 7) is 12.9. The number of likely N-dealkylation sites (tertiary alicyclic amines) is 1. The van der Waals surface area contributed by atoms with Crippen molar-refractivity contribution in [2.24, 2.45) is 5.92 Å². The Morgan fingerprint density at radius 3 is 2.40 bits per heavy atom. The van der Waals surface area contributed by atoms with Gasteiger partial charge in [-0.05, 0) is 56.8 Å². The molecule has 2 heteroatoms. The lowest BCUT2D eigenvalue weighted by Gasteiger charge is -2.35. The molecule has 0 aliphatic carbocycles. The molecule has 1 heterocycles. The zero-order chi connectivity index (χ0) is 14.5. The van der Waals surface area contributed by atoms with Gasteiger partial charge in [0.1, 0.15) is 0 Å². The van der Waals surface area contributed by atoms with E-state index in [2.05, 4.69) is 62.2 Å². The van der Waals surface area contributed by atoms with Crippen LogP contribution in [0, 0.1) is 12.8 Å². The standard InChI is InChI=1S/C18H30N2/c1-14(2)13-20-11-9-17(10-12-20)19-16(4)18-8-6-5-7-15(18)3/h5-8,14,16-17,19H,9-13H2,1-4H3/t16-/m1/s1. The van der Waals surface area contributed by atoms with Crippen LogP contribution >= 0.6 is 0 Å². The van der Waals surface area contributed by atoms with Gasteiger partial charge in [0.2, 0.25) is 0 Å². The minimum Gasteiger partial charge on any atom is -0.307 e. The van der Waals surface area contributed by atoms with Crippen LogP contribution in [0.4, 0.5) is 0 Å². The molecule has 0 radical (unpaired) electrons. The largest absolute Gasteiger partial charge is 0.307 e. The summed E-state index contributed by atoms with van der Waals surface area (Å²) < 4.78 is 0. The second kappa shape index (κ2) is 7.24. The van der Waals surface area contributed by atoms with Crippen LogP contribution in [0.3, 0.4) is 0 Å². The van der Waals surface area contributed by atoms with Crippen molar-refractivity contribution in [1.29, 1.82) is 0 Å². The molecule has 0 amide bonds. The first-order valence-electron chi connectivity index (χ1n) is 8.10. The molecule has 1 N–H and O–H groups in total. The maximum absolute atomic E-state index is 3.82. The van der Waals surface area contributed by atoms with Crippen molar-refractivity contribution in [1.82, 2.24) is 10.2 Å². The van der Waals surface area contributed by atoms with Crippen LogP contribution in [-0.4, -0.2) is 30.6 Å². The van der Waals surface area contributed by atoms with Gasteiger partial charge in [0.05, 0.1) is 0 Å². The van der Waals surface area contributed by atoms with Gasteiger partial charge in [-0.3, -0.25) is 0 Å². The number of rotatable bonds is 5. The Labute approximate surface area is 124 Å². The zero-order valence-corrected chi connectivity index (χ0v) is 13.5. The molecule has 0 aromatic heterocycles. The summed E-state index contributed by atoms with van der Waals surface area (Å²) in [5.41, 5.74) is 2.84. The average Bonchev–Trinajstić information content (AvgIpc) is 2.41. The molecule has 0 unspecified atom stereocenters. The second-order valence-corrected chi connectivity index (χ2v) is 6.71. The van der Waals surface area contributed by atoms with Crippen LogP contribution in [0.15, 0.2) is 24.3 Å². The Kier molecular flexibility index (Phi) is 5.62. The number of benzene rings is 1. The second-order valence-electron chi connectivity index (χ2n) is 6.71. The van der Waals surface area contributed by atoms with E-state index in [-0.39, 0.29) is 0 Å². The number of nitrogens with zero attached hydrogens (tertiary/aromatic N) is 1. The third kappa shape index (κ3) is 4.32. The summed E-state index contributed by atoms with van der Waals surface area (Å²) in [5.74, 6) is 0.783. The van der Waals surface area contributed by atoms with Crippen molar-refractivity contribution >= 4 is 0 Å². The molecule has 1 fully saturated rings. The van der Waals surface area contributed by atoms with Gasteiger partial charge < -0.3 is 10.2 Å². The van der Waals surface area contributed by atoms with Gasteiger partial charge in [-0.25, -0.2) is 0 Å². The highest BCUT2D eigenvalue weighted by Crippen LogP contribution is 2.20. The fourth-order valence-electron chi connectivity index (χ4n) is 3.31. The van der Waals surface area contributed by atoms with E-state index in [9.17, 15) is 0 Å². The lowest BCUT2D eigenvalue weighted by Crippen LogP contribution is -2.44. The molecule has 0 spiro atoms. The molecule has 1 aliphatic heterocycles. The predicted octanol–water partition coefficient (Wildman–Crippen LogP) is 3.77. The number of hydrogen-bond acceptors (Lipinski definition) is 2. The predicted molar refractivity (Wildman–Crippen MR) is 87.0 cm³/mol. The Morgan fingerprint density at radius 1 is 1.15 bits per heavy atom. The monoisotopic (exact) mass is 274 g/mol. The minimum absolute atomic E-state index is 0.456. The lowest BCUT2D eigenvalue weighted by atomic mass is 9.98. The molecule has 1 aromatic rings. The lowest BCUT2D eigenvalue weighted by molar-refractivity contribution is 0.175. The van der Waals surface area contributed by atoms with E-state index in [1.54, 1.807) is 0 Å². The molecule has 2 nitrogen and oxygen atoms in total. The van der Waals surface area contributed by atoms with Crippen molar-refractivity contribution in [3.63, 3.8) is 0 Å². The number of piperidine rings is 1. The van der Waals surface area contributed by atoms with Gasteiger partial charge in [0, 0.05) is 18.6 Å². The zero-order valence-electron chi connectivity index (χ0n) is 13.5. The number of aryl methyl sites for hydroxylation is 1. The van der Waals surface area contributed by atoms with E-state index >= 15 is 0 Å². The van der Waals surface area contributed by atoms with Crippen LogP contribution in [0.2, 0.25) is 0 Å². The minimum atomic E-state index is 0.456. The first-order chi connectivity index (χ1) is 9.56. The van der Waals surface area contributed by atoms with Crippen molar-refractivity contribution in [2.75, 3.05) is 19.6 Å². The van der Waals surface area contributed by atoms with Gasteiger partial charge in [-0.1, -0.05) is 38.1 Å². The van der Waals surface area contributed by atoms with Crippen LogP contribution in [-0.2, 0) is 0 Å². The first kappa shape index (κ1) is 15.5.